The van der Waals surface area contributed by atoms with E-state index >= 15 is 0 Å². The number of halogens is 3. The summed E-state index contributed by atoms with van der Waals surface area (Å²) in [6.45, 7) is 0.343. The summed E-state index contributed by atoms with van der Waals surface area (Å²) in [4.78, 5) is 16.4. The molecule has 10 nitrogen and oxygen atoms in total. The number of carbonyl (C=O) groups excluding carboxylic acids is 1. The molecule has 1 amide bonds. The Bertz CT molecular complexity index is 1070. The fourth-order valence-electron chi connectivity index (χ4n) is 2.64. The third kappa shape index (κ3) is 8.78. The van der Waals surface area contributed by atoms with Gasteiger partial charge in [-0.25, -0.2) is 8.42 Å². The number of nitrogens with two attached hydrogens (primary N) is 3. The van der Waals surface area contributed by atoms with Crippen molar-refractivity contribution in [2.45, 2.75) is 30.3 Å². The first-order valence-electron chi connectivity index (χ1n) is 9.37. The van der Waals surface area contributed by atoms with Crippen molar-refractivity contribution in [3.63, 3.8) is 0 Å². The average molecular weight is 540 g/mol. The van der Waals surface area contributed by atoms with Crippen LogP contribution in [0.25, 0.3) is 0 Å². The maximum atomic E-state index is 12.9. The minimum absolute atomic E-state index is 0. The van der Waals surface area contributed by atoms with Crippen molar-refractivity contribution >= 4 is 63.2 Å². The second-order valence-electron chi connectivity index (χ2n) is 6.81. The molecular formula is C19H25Cl3N6O4S. The topological polar surface area (TPSA) is 186 Å². The number of phenolic OH excluding ortho intramolecular Hbond substituents is 1. The number of aromatic hydroxyl groups is 1. The lowest BCUT2D eigenvalue weighted by molar-refractivity contribution is -0.123. The van der Waals surface area contributed by atoms with E-state index in [1.807, 2.05) is 0 Å². The highest BCUT2D eigenvalue weighted by Crippen LogP contribution is 2.30. The minimum atomic E-state index is -4.16. The quantitative estimate of drug-likeness (QED) is 0.115. The van der Waals surface area contributed by atoms with Crippen molar-refractivity contribution in [3.8, 4) is 5.75 Å². The molecule has 0 aromatic heterocycles. The molecule has 0 saturated carbocycles. The number of nitrogen functional groups attached to an aromatic ring is 1. The van der Waals surface area contributed by atoms with Crippen LogP contribution in [0, 0.1) is 0 Å². The van der Waals surface area contributed by atoms with E-state index in [2.05, 4.69) is 15.0 Å². The van der Waals surface area contributed by atoms with Gasteiger partial charge >= 0.3 is 0 Å². The van der Waals surface area contributed by atoms with Crippen molar-refractivity contribution in [2.75, 3.05) is 12.3 Å². The summed E-state index contributed by atoms with van der Waals surface area (Å²) in [5, 5.41) is 12.0. The highest BCUT2D eigenvalue weighted by atomic mass is 35.5. The van der Waals surface area contributed by atoms with Crippen molar-refractivity contribution in [1.82, 2.24) is 10.0 Å². The van der Waals surface area contributed by atoms with E-state index in [-0.39, 0.29) is 64.3 Å². The molecule has 2 aromatic rings. The molecule has 0 radical (unpaired) electrons. The summed E-state index contributed by atoms with van der Waals surface area (Å²) < 4.78 is 28.1. The van der Waals surface area contributed by atoms with E-state index in [0.29, 0.717) is 6.42 Å². The van der Waals surface area contributed by atoms with Crippen molar-refractivity contribution in [1.29, 1.82) is 0 Å². The standard InChI is InChI=1S/C19H24Cl2N6O4S.ClH/c20-14-8-13(9-15(21)17(14)22)32(30,31)27-16(2-1-7-25-19(23)24)18(29)26-10-11-3-5-12(28)6-4-11;/h3-6,8-9,16,27-28H,1-2,7,10,22H2,(H,26,29)(H4,23,24,25);1H/t16-;/m1./s1. The van der Waals surface area contributed by atoms with E-state index in [9.17, 15) is 18.3 Å². The summed E-state index contributed by atoms with van der Waals surface area (Å²) in [6.07, 6.45) is 0.453. The number of amides is 1. The number of phenols is 1. The second-order valence-corrected chi connectivity index (χ2v) is 9.34. The summed E-state index contributed by atoms with van der Waals surface area (Å²) in [7, 11) is -4.16. The van der Waals surface area contributed by atoms with Crippen LogP contribution in [-0.2, 0) is 21.4 Å². The van der Waals surface area contributed by atoms with Crippen molar-refractivity contribution in [2.24, 2.45) is 16.5 Å². The van der Waals surface area contributed by atoms with Crippen LogP contribution in [0.3, 0.4) is 0 Å². The average Bonchev–Trinajstić information content (AvgIpc) is 2.72. The number of carbonyl (C=O) groups is 1. The number of hydrogen-bond acceptors (Lipinski definition) is 6. The third-order valence-corrected chi connectivity index (χ3v) is 6.40. The van der Waals surface area contributed by atoms with Gasteiger partial charge in [0.25, 0.3) is 0 Å². The first kappa shape index (κ1) is 28.6. The first-order valence-corrected chi connectivity index (χ1v) is 11.6. The number of rotatable bonds is 10. The Balaban J connectivity index is 0.00000544. The first-order chi connectivity index (χ1) is 15.0. The molecule has 0 fully saturated rings. The van der Waals surface area contributed by atoms with E-state index < -0.39 is 22.0 Å². The summed E-state index contributed by atoms with van der Waals surface area (Å²) in [6, 6.07) is 7.39. The smallest absolute Gasteiger partial charge is 0.241 e. The van der Waals surface area contributed by atoms with Crippen LogP contribution in [0.5, 0.6) is 5.75 Å². The Morgan fingerprint density at radius 2 is 1.70 bits per heavy atom. The van der Waals surface area contributed by atoms with E-state index in [4.69, 9.17) is 40.4 Å². The zero-order valence-electron chi connectivity index (χ0n) is 17.3. The number of hydrogen-bond donors (Lipinski definition) is 6. The van der Waals surface area contributed by atoms with Gasteiger partial charge in [-0.1, -0.05) is 35.3 Å². The predicted molar refractivity (Wildman–Crippen MR) is 132 cm³/mol. The van der Waals surface area contributed by atoms with Gasteiger partial charge in [0.05, 0.1) is 20.6 Å². The van der Waals surface area contributed by atoms with E-state index in [1.54, 1.807) is 12.1 Å². The number of nitrogens with one attached hydrogen (secondary N) is 2. The van der Waals surface area contributed by atoms with Crippen molar-refractivity contribution < 1.29 is 18.3 Å². The van der Waals surface area contributed by atoms with Gasteiger partial charge in [0.15, 0.2) is 5.96 Å². The molecule has 9 N–H and O–H groups in total. The molecule has 2 aromatic carbocycles. The molecule has 33 heavy (non-hydrogen) atoms. The van der Waals surface area contributed by atoms with Gasteiger partial charge in [0.2, 0.25) is 15.9 Å². The highest BCUT2D eigenvalue weighted by Gasteiger charge is 2.26. The van der Waals surface area contributed by atoms with Gasteiger partial charge in [-0.05, 0) is 42.7 Å². The molecule has 0 spiro atoms. The van der Waals surface area contributed by atoms with Gasteiger partial charge in [-0.15, -0.1) is 12.4 Å². The van der Waals surface area contributed by atoms with Gasteiger partial charge in [-0.2, -0.15) is 4.72 Å². The maximum absolute atomic E-state index is 12.9. The molecule has 0 saturated heterocycles. The second kappa shape index (κ2) is 12.7. The molecule has 182 valence electrons. The lowest BCUT2D eigenvalue weighted by Gasteiger charge is -2.19. The largest absolute Gasteiger partial charge is 0.508 e. The number of guanidine groups is 1. The molecule has 2 rings (SSSR count). The zero-order chi connectivity index (χ0) is 23.9. The lowest BCUT2D eigenvalue weighted by Crippen LogP contribution is -2.46. The van der Waals surface area contributed by atoms with Crippen molar-refractivity contribution in [3.05, 3.63) is 52.0 Å². The van der Waals surface area contributed by atoms with Crippen LogP contribution < -0.4 is 27.2 Å². The van der Waals surface area contributed by atoms with Crippen LogP contribution in [-0.4, -0.2) is 38.0 Å². The lowest BCUT2D eigenvalue weighted by atomic mass is 10.1. The number of sulfonamides is 1. The van der Waals surface area contributed by atoms with Crippen LogP contribution in [0.1, 0.15) is 18.4 Å². The Labute approximate surface area is 208 Å². The molecule has 1 atom stereocenters. The monoisotopic (exact) mass is 538 g/mol. The van der Waals surface area contributed by atoms with Crippen LogP contribution in [0.2, 0.25) is 10.0 Å². The number of anilines is 1. The fraction of sp³-hybridized carbons (Fsp3) is 0.263. The van der Waals surface area contributed by atoms with Gasteiger partial charge in [-0.3, -0.25) is 9.79 Å². The normalized spacial score (nSPS) is 11.8. The van der Waals surface area contributed by atoms with Gasteiger partial charge < -0.3 is 27.6 Å². The number of benzene rings is 2. The Morgan fingerprint density at radius 1 is 1.12 bits per heavy atom. The SMILES string of the molecule is Cl.NC(N)=NCCC[C@@H](NS(=O)(=O)c1cc(Cl)c(N)c(Cl)c1)C(=O)NCc1ccc(O)cc1. The zero-order valence-corrected chi connectivity index (χ0v) is 20.4. The Morgan fingerprint density at radius 3 is 2.24 bits per heavy atom. The summed E-state index contributed by atoms with van der Waals surface area (Å²) >= 11 is 11.9. The summed E-state index contributed by atoms with van der Waals surface area (Å²) in [5.74, 6) is -0.574. The number of aliphatic imine (C=N–C) groups is 1. The molecule has 0 aliphatic rings. The molecule has 0 aliphatic carbocycles. The molecule has 0 heterocycles. The Kier molecular flexibility index (Phi) is 11.0. The third-order valence-electron chi connectivity index (χ3n) is 4.33. The maximum Gasteiger partial charge on any atom is 0.241 e. The summed E-state index contributed by atoms with van der Waals surface area (Å²) in [5.41, 5.74) is 17.0. The fourth-order valence-corrected chi connectivity index (χ4v) is 4.54. The predicted octanol–water partition coefficient (Wildman–Crippen LogP) is 1.72. The minimum Gasteiger partial charge on any atom is -0.508 e. The van der Waals surface area contributed by atoms with Crippen LogP contribution in [0.4, 0.5) is 5.69 Å². The van der Waals surface area contributed by atoms with E-state index in [0.717, 1.165) is 17.7 Å². The molecule has 0 bridgehead atoms. The van der Waals surface area contributed by atoms with Crippen LogP contribution in [0.15, 0.2) is 46.3 Å². The van der Waals surface area contributed by atoms with E-state index in [1.165, 1.54) is 12.1 Å². The molecule has 0 aliphatic heterocycles. The molecular weight excluding hydrogens is 515 g/mol. The Hall–Kier alpha value is -2.44. The number of nitrogens with zero attached hydrogens (tertiary/aromatic N) is 1. The van der Waals surface area contributed by atoms with Gasteiger partial charge in [0.1, 0.15) is 11.8 Å². The van der Waals surface area contributed by atoms with Gasteiger partial charge in [0, 0.05) is 13.1 Å². The highest BCUT2D eigenvalue weighted by molar-refractivity contribution is 7.89. The van der Waals surface area contributed by atoms with Crippen LogP contribution >= 0.6 is 35.6 Å². The molecule has 14 heteroatoms. The molecule has 0 unspecified atom stereocenters.